The molecule has 112 valence electrons. The average molecular weight is 271 g/mol. The molecule has 8 nitrogen and oxygen atoms in total. The van der Waals surface area contributed by atoms with E-state index in [1.54, 1.807) is 0 Å². The van der Waals surface area contributed by atoms with Gasteiger partial charge in [-0.3, -0.25) is 0 Å². The Morgan fingerprint density at radius 2 is 1.00 bits per heavy atom. The third-order valence-corrected chi connectivity index (χ3v) is 1.79. The molecule has 8 heteroatoms. The highest BCUT2D eigenvalue weighted by molar-refractivity contribution is 4.80. The summed E-state index contributed by atoms with van der Waals surface area (Å²) in [5, 5.41) is 41.5. The molecule has 0 radical (unpaired) electrons. The first-order valence-corrected chi connectivity index (χ1v) is 5.59. The van der Waals surface area contributed by atoms with Crippen LogP contribution in [0.25, 0.3) is 0 Å². The summed E-state index contributed by atoms with van der Waals surface area (Å²) < 4.78 is 9.75. The third-order valence-electron chi connectivity index (χ3n) is 1.79. The zero-order valence-corrected chi connectivity index (χ0v) is 10.5. The maximum atomic E-state index is 8.34. The van der Waals surface area contributed by atoms with E-state index in [0.717, 1.165) is 0 Å². The molecule has 0 atom stereocenters. The fraction of sp³-hybridized carbons (Fsp3) is 1.00. The smallest absolute Gasteiger partial charge is 0.0856 e. The number of aliphatic hydroxyl groups excluding tert-OH is 5. The van der Waals surface area contributed by atoms with Gasteiger partial charge in [0.2, 0.25) is 0 Å². The first-order valence-electron chi connectivity index (χ1n) is 5.59. The maximum absolute atomic E-state index is 8.34. The van der Waals surface area contributed by atoms with Crippen molar-refractivity contribution in [1.29, 1.82) is 0 Å². The van der Waals surface area contributed by atoms with Crippen molar-refractivity contribution in [2.45, 2.75) is 5.54 Å². The quantitative estimate of drug-likeness (QED) is 0.226. The second kappa shape index (κ2) is 14.7. The summed E-state index contributed by atoms with van der Waals surface area (Å²) in [6.07, 6.45) is 0. The predicted molar refractivity (Wildman–Crippen MR) is 64.0 cm³/mol. The molecular formula is C10H25NO7. The molecule has 0 heterocycles. The van der Waals surface area contributed by atoms with E-state index >= 15 is 0 Å². The molecule has 0 spiro atoms. The van der Waals surface area contributed by atoms with Crippen LogP contribution in [0.1, 0.15) is 0 Å². The molecule has 0 aromatic rings. The molecule has 0 rings (SSSR count). The molecule has 7 N–H and O–H groups in total. The van der Waals surface area contributed by atoms with Crippen LogP contribution in [0.4, 0.5) is 0 Å². The summed E-state index contributed by atoms with van der Waals surface area (Å²) >= 11 is 0. The van der Waals surface area contributed by atoms with Crippen molar-refractivity contribution in [3.05, 3.63) is 0 Å². The number of aliphatic hydroxyl groups is 5. The minimum Gasteiger partial charge on any atom is -0.394 e. The summed E-state index contributed by atoms with van der Waals surface area (Å²) in [7, 11) is 0. The van der Waals surface area contributed by atoms with Crippen LogP contribution in [0.2, 0.25) is 0 Å². The fourth-order valence-corrected chi connectivity index (χ4v) is 0.601. The lowest BCUT2D eigenvalue weighted by Crippen LogP contribution is -2.50. The van der Waals surface area contributed by atoms with Crippen LogP contribution < -0.4 is 5.73 Å². The highest BCUT2D eigenvalue weighted by atomic mass is 16.5. The average Bonchev–Trinajstić information content (AvgIpc) is 2.42. The summed E-state index contributed by atoms with van der Waals surface area (Å²) in [5.74, 6) is 0. The van der Waals surface area contributed by atoms with E-state index < -0.39 is 25.4 Å². The van der Waals surface area contributed by atoms with Crippen molar-refractivity contribution in [2.75, 3.05) is 59.5 Å². The number of nitrogens with two attached hydrogens (primary N) is 1. The molecule has 0 aromatic heterocycles. The first kappa shape index (κ1) is 20.0. The number of hydrogen-bond acceptors (Lipinski definition) is 8. The van der Waals surface area contributed by atoms with Gasteiger partial charge in [-0.15, -0.1) is 0 Å². The van der Waals surface area contributed by atoms with E-state index in [9.17, 15) is 0 Å². The first-order chi connectivity index (χ1) is 8.60. The Labute approximate surface area is 107 Å². The van der Waals surface area contributed by atoms with Gasteiger partial charge in [-0.2, -0.15) is 0 Å². The third kappa shape index (κ3) is 13.7. The van der Waals surface area contributed by atoms with Gasteiger partial charge in [-0.25, -0.2) is 0 Å². The predicted octanol–water partition coefficient (Wildman–Crippen LogP) is -3.33. The molecule has 0 aliphatic heterocycles. The van der Waals surface area contributed by atoms with Crippen molar-refractivity contribution < 1.29 is 35.0 Å². The zero-order valence-electron chi connectivity index (χ0n) is 10.5. The second-order valence-corrected chi connectivity index (χ2v) is 3.51. The van der Waals surface area contributed by atoms with Crippen LogP contribution in [0.3, 0.4) is 0 Å². The molecule has 0 bridgehead atoms. The van der Waals surface area contributed by atoms with Gasteiger partial charge in [-0.1, -0.05) is 0 Å². The minimum absolute atomic E-state index is 0.0417. The largest absolute Gasteiger partial charge is 0.394 e. The number of ether oxygens (including phenoxy) is 2. The maximum Gasteiger partial charge on any atom is 0.0856 e. The van der Waals surface area contributed by atoms with E-state index in [4.69, 9.17) is 40.7 Å². The summed E-state index contributed by atoms with van der Waals surface area (Å²) in [6, 6.07) is 0. The van der Waals surface area contributed by atoms with Gasteiger partial charge in [0.1, 0.15) is 0 Å². The van der Waals surface area contributed by atoms with Gasteiger partial charge in [0.25, 0.3) is 0 Å². The highest BCUT2D eigenvalue weighted by Gasteiger charge is 2.20. The van der Waals surface area contributed by atoms with E-state index in [1.165, 1.54) is 0 Å². The molecule has 0 aliphatic carbocycles. The SMILES string of the molecule is NC(CO)(CO)CO.OCCOCCOCCO. The van der Waals surface area contributed by atoms with E-state index in [2.05, 4.69) is 0 Å². The normalized spacial score (nSPS) is 11.0. The Balaban J connectivity index is 0. The van der Waals surface area contributed by atoms with Crippen LogP contribution >= 0.6 is 0 Å². The molecule has 0 saturated heterocycles. The van der Waals surface area contributed by atoms with E-state index in [0.29, 0.717) is 26.4 Å². The standard InChI is InChI=1S/C6H14O4.C4H11NO3/c7-1-3-9-5-6-10-4-2-8;5-4(1-6,2-7)3-8/h7-8H,1-6H2;6-8H,1-3,5H2. The van der Waals surface area contributed by atoms with Gasteiger partial charge < -0.3 is 40.7 Å². The van der Waals surface area contributed by atoms with Crippen molar-refractivity contribution >= 4 is 0 Å². The van der Waals surface area contributed by atoms with Crippen LogP contribution in [0.5, 0.6) is 0 Å². The molecular weight excluding hydrogens is 246 g/mol. The topological polar surface area (TPSA) is 146 Å². The molecule has 0 saturated carbocycles. The zero-order chi connectivity index (χ0) is 14.3. The Bertz CT molecular complexity index is 139. The van der Waals surface area contributed by atoms with Crippen LogP contribution in [0, 0.1) is 0 Å². The van der Waals surface area contributed by atoms with E-state index in [1.807, 2.05) is 0 Å². The van der Waals surface area contributed by atoms with Gasteiger partial charge in [0, 0.05) is 0 Å². The summed E-state index contributed by atoms with van der Waals surface area (Å²) in [6.45, 7) is 0.520. The Hall–Kier alpha value is -0.320. The van der Waals surface area contributed by atoms with Gasteiger partial charge in [0.15, 0.2) is 0 Å². The summed E-state index contributed by atoms with van der Waals surface area (Å²) in [5.41, 5.74) is 3.94. The Morgan fingerprint density at radius 1 is 0.667 bits per heavy atom. The van der Waals surface area contributed by atoms with Crippen molar-refractivity contribution in [1.82, 2.24) is 0 Å². The van der Waals surface area contributed by atoms with Crippen molar-refractivity contribution in [3.8, 4) is 0 Å². The van der Waals surface area contributed by atoms with Crippen molar-refractivity contribution in [3.63, 3.8) is 0 Å². The van der Waals surface area contributed by atoms with Gasteiger partial charge in [-0.05, 0) is 0 Å². The van der Waals surface area contributed by atoms with Crippen LogP contribution in [-0.2, 0) is 9.47 Å². The lowest BCUT2D eigenvalue weighted by atomic mass is 10.1. The lowest BCUT2D eigenvalue weighted by molar-refractivity contribution is 0.0222. The van der Waals surface area contributed by atoms with Gasteiger partial charge >= 0.3 is 0 Å². The lowest BCUT2D eigenvalue weighted by Gasteiger charge is -2.20. The van der Waals surface area contributed by atoms with E-state index in [-0.39, 0.29) is 13.2 Å². The Kier molecular flexibility index (Phi) is 16.4. The summed E-state index contributed by atoms with van der Waals surface area (Å²) in [4.78, 5) is 0. The number of hydrogen-bond donors (Lipinski definition) is 6. The highest BCUT2D eigenvalue weighted by Crippen LogP contribution is 1.93. The molecule has 0 amide bonds. The van der Waals surface area contributed by atoms with Crippen LogP contribution in [-0.4, -0.2) is 90.5 Å². The van der Waals surface area contributed by atoms with Crippen molar-refractivity contribution in [2.24, 2.45) is 5.73 Å². The molecule has 0 aliphatic rings. The molecule has 18 heavy (non-hydrogen) atoms. The second-order valence-electron chi connectivity index (χ2n) is 3.51. The minimum atomic E-state index is -1.21. The molecule has 0 aromatic carbocycles. The van der Waals surface area contributed by atoms with Gasteiger partial charge in [0.05, 0.1) is 65.0 Å². The Morgan fingerprint density at radius 3 is 1.17 bits per heavy atom. The number of rotatable bonds is 10. The van der Waals surface area contributed by atoms with Crippen LogP contribution in [0.15, 0.2) is 0 Å². The monoisotopic (exact) mass is 271 g/mol. The molecule has 0 fully saturated rings. The fourth-order valence-electron chi connectivity index (χ4n) is 0.601. The molecule has 0 unspecified atom stereocenters.